The number of thioether (sulfide) groups is 1. The summed E-state index contributed by atoms with van der Waals surface area (Å²) in [4.78, 5) is 25.2. The summed E-state index contributed by atoms with van der Waals surface area (Å²) in [5, 5.41) is 14.6. The van der Waals surface area contributed by atoms with Crippen molar-refractivity contribution in [3.05, 3.63) is 30.1 Å². The summed E-state index contributed by atoms with van der Waals surface area (Å²) in [5.74, 6) is 2.16. The molecule has 4 bridgehead atoms. The first kappa shape index (κ1) is 23.3. The van der Waals surface area contributed by atoms with Crippen molar-refractivity contribution < 1.29 is 14.0 Å². The van der Waals surface area contributed by atoms with Gasteiger partial charge >= 0.3 is 6.03 Å². The fourth-order valence-corrected chi connectivity index (χ4v) is 7.34. The lowest BCUT2D eigenvalue weighted by Crippen LogP contribution is -2.61. The highest BCUT2D eigenvalue weighted by atomic mass is 32.2. The van der Waals surface area contributed by atoms with Crippen LogP contribution in [0, 0.1) is 29.5 Å². The summed E-state index contributed by atoms with van der Waals surface area (Å²) in [6.45, 7) is 4.70. The fraction of sp³-hybridized carbons (Fsp3) is 0.600. The van der Waals surface area contributed by atoms with Crippen molar-refractivity contribution >= 4 is 23.7 Å². The van der Waals surface area contributed by atoms with E-state index in [1.165, 1.54) is 37.1 Å². The molecule has 6 rings (SSSR count). The van der Waals surface area contributed by atoms with Crippen LogP contribution in [0.3, 0.4) is 0 Å². The lowest BCUT2D eigenvalue weighted by molar-refractivity contribution is -0.117. The number of benzene rings is 1. The van der Waals surface area contributed by atoms with Gasteiger partial charge in [0.25, 0.3) is 0 Å². The topological polar surface area (TPSA) is 88.9 Å². The summed E-state index contributed by atoms with van der Waals surface area (Å²) < 4.78 is 16.2. The van der Waals surface area contributed by atoms with E-state index in [1.807, 2.05) is 4.57 Å². The number of urea groups is 1. The molecule has 0 radical (unpaired) electrons. The van der Waals surface area contributed by atoms with E-state index < -0.39 is 6.03 Å². The molecular formula is C25H32FN5O2S. The Balaban J connectivity index is 1.21. The third-order valence-corrected chi connectivity index (χ3v) is 8.35. The first-order valence-corrected chi connectivity index (χ1v) is 13.2. The minimum Gasteiger partial charge on any atom is -0.332 e. The monoisotopic (exact) mass is 485 g/mol. The molecule has 0 spiro atoms. The van der Waals surface area contributed by atoms with Gasteiger partial charge in [0.05, 0.1) is 11.3 Å². The van der Waals surface area contributed by atoms with Crippen LogP contribution < -0.4 is 10.6 Å². The number of rotatable bonds is 7. The van der Waals surface area contributed by atoms with Gasteiger partial charge in [0.1, 0.15) is 5.82 Å². The lowest BCUT2D eigenvalue weighted by Gasteiger charge is -2.56. The summed E-state index contributed by atoms with van der Waals surface area (Å²) in [6, 6.07) is 6.06. The highest BCUT2D eigenvalue weighted by Crippen LogP contribution is 2.55. The minimum absolute atomic E-state index is 0.0296. The number of hydrogen-bond acceptors (Lipinski definition) is 5. The molecule has 4 saturated carbocycles. The van der Waals surface area contributed by atoms with Gasteiger partial charge in [0.2, 0.25) is 5.91 Å². The van der Waals surface area contributed by atoms with Crippen molar-refractivity contribution in [3.63, 3.8) is 0 Å². The van der Waals surface area contributed by atoms with Crippen molar-refractivity contribution in [2.45, 2.75) is 69.6 Å². The lowest BCUT2D eigenvalue weighted by atomic mass is 9.53. The molecule has 7 nitrogen and oxygen atoms in total. The minimum atomic E-state index is -0.400. The average molecular weight is 486 g/mol. The van der Waals surface area contributed by atoms with Crippen LogP contribution in [0.5, 0.6) is 0 Å². The average Bonchev–Trinajstić information content (AvgIpc) is 3.12. The molecule has 1 aromatic heterocycles. The van der Waals surface area contributed by atoms with Crippen molar-refractivity contribution in [3.8, 4) is 11.4 Å². The maximum Gasteiger partial charge on any atom is 0.321 e. The van der Waals surface area contributed by atoms with Gasteiger partial charge in [-0.2, -0.15) is 0 Å². The van der Waals surface area contributed by atoms with Crippen molar-refractivity contribution in [1.29, 1.82) is 0 Å². The van der Waals surface area contributed by atoms with E-state index in [4.69, 9.17) is 0 Å². The quantitative estimate of drug-likeness (QED) is 0.559. The number of nitrogens with one attached hydrogen (secondary N) is 2. The van der Waals surface area contributed by atoms with E-state index in [1.54, 1.807) is 18.2 Å². The zero-order valence-electron chi connectivity index (χ0n) is 19.7. The van der Waals surface area contributed by atoms with E-state index >= 15 is 0 Å². The highest BCUT2D eigenvalue weighted by molar-refractivity contribution is 7.99. The fourth-order valence-electron chi connectivity index (χ4n) is 6.60. The molecule has 0 atom stereocenters. The van der Waals surface area contributed by atoms with E-state index in [-0.39, 0.29) is 28.9 Å². The Morgan fingerprint density at radius 2 is 1.76 bits per heavy atom. The number of carbonyl (C=O) groups is 2. The second-order valence-corrected chi connectivity index (χ2v) is 11.7. The molecule has 34 heavy (non-hydrogen) atoms. The van der Waals surface area contributed by atoms with Gasteiger partial charge in [-0.3, -0.25) is 10.1 Å². The van der Waals surface area contributed by atoms with E-state index in [0.29, 0.717) is 40.8 Å². The van der Waals surface area contributed by atoms with Crippen LogP contribution in [-0.4, -0.2) is 38.0 Å². The summed E-state index contributed by atoms with van der Waals surface area (Å²) in [5.41, 5.74) is 0.236. The maximum atomic E-state index is 14.4. The third-order valence-electron chi connectivity index (χ3n) is 7.38. The van der Waals surface area contributed by atoms with Crippen LogP contribution in [0.2, 0.25) is 0 Å². The SMILES string of the molecule is CC(C)Cn1c(SCC(=O)NC(=O)NC23CC4CC(CC(C4)C2)C3)nnc1-c1ccccc1F. The Morgan fingerprint density at radius 3 is 2.38 bits per heavy atom. The van der Waals surface area contributed by atoms with Crippen LogP contribution in [0.25, 0.3) is 11.4 Å². The Labute approximate surface area is 203 Å². The van der Waals surface area contributed by atoms with E-state index in [0.717, 1.165) is 19.3 Å². The zero-order chi connectivity index (χ0) is 23.9. The Hall–Kier alpha value is -2.42. The van der Waals surface area contributed by atoms with Crippen LogP contribution in [-0.2, 0) is 11.3 Å². The van der Waals surface area contributed by atoms with Gasteiger partial charge in [0, 0.05) is 12.1 Å². The molecule has 0 unspecified atom stereocenters. The normalized spacial score (nSPS) is 27.2. The van der Waals surface area contributed by atoms with Gasteiger partial charge in [-0.15, -0.1) is 10.2 Å². The first-order chi connectivity index (χ1) is 16.3. The number of halogens is 1. The Morgan fingerprint density at radius 1 is 1.12 bits per heavy atom. The molecule has 0 saturated heterocycles. The standard InChI is InChI=1S/C25H32FN5O2S/c1-15(2)13-31-22(19-5-3-4-6-20(19)26)29-30-24(31)34-14-21(32)27-23(33)28-25-10-16-7-17(11-25)9-18(8-16)12-25/h3-6,15-18H,7-14H2,1-2H3,(H2,27,28,32,33). The summed E-state index contributed by atoms with van der Waals surface area (Å²) in [7, 11) is 0. The van der Waals surface area contributed by atoms with Crippen molar-refractivity contribution in [1.82, 2.24) is 25.4 Å². The van der Waals surface area contributed by atoms with Gasteiger partial charge in [-0.05, 0) is 74.3 Å². The first-order valence-electron chi connectivity index (χ1n) is 12.2. The molecule has 2 aromatic rings. The third kappa shape index (κ3) is 4.85. The van der Waals surface area contributed by atoms with E-state index in [2.05, 4.69) is 34.7 Å². The summed E-state index contributed by atoms with van der Waals surface area (Å²) in [6.07, 6.45) is 6.99. The number of aromatic nitrogens is 3. The van der Waals surface area contributed by atoms with Crippen LogP contribution in [0.4, 0.5) is 9.18 Å². The largest absolute Gasteiger partial charge is 0.332 e. The Kier molecular flexibility index (Phi) is 6.39. The molecule has 4 fully saturated rings. The predicted octanol–water partition coefficient (Wildman–Crippen LogP) is 4.63. The molecule has 4 aliphatic rings. The number of nitrogens with zero attached hydrogens (tertiary/aromatic N) is 3. The smallest absolute Gasteiger partial charge is 0.321 e. The van der Waals surface area contributed by atoms with Crippen LogP contribution in [0.1, 0.15) is 52.4 Å². The van der Waals surface area contributed by atoms with Crippen molar-refractivity contribution in [2.75, 3.05) is 5.75 Å². The molecule has 182 valence electrons. The Bertz CT molecular complexity index is 1050. The zero-order valence-corrected chi connectivity index (χ0v) is 20.5. The van der Waals surface area contributed by atoms with Crippen LogP contribution in [0.15, 0.2) is 29.4 Å². The van der Waals surface area contributed by atoms with Gasteiger partial charge in [-0.25, -0.2) is 9.18 Å². The number of imide groups is 1. The van der Waals surface area contributed by atoms with Gasteiger partial charge in [-0.1, -0.05) is 37.7 Å². The second kappa shape index (κ2) is 9.32. The van der Waals surface area contributed by atoms with Gasteiger partial charge < -0.3 is 9.88 Å². The second-order valence-electron chi connectivity index (χ2n) is 10.8. The number of amides is 3. The molecule has 1 heterocycles. The van der Waals surface area contributed by atoms with E-state index in [9.17, 15) is 14.0 Å². The molecular weight excluding hydrogens is 453 g/mol. The highest BCUT2D eigenvalue weighted by Gasteiger charge is 2.51. The molecule has 1 aromatic carbocycles. The maximum absolute atomic E-state index is 14.4. The van der Waals surface area contributed by atoms with Crippen molar-refractivity contribution in [2.24, 2.45) is 23.7 Å². The van der Waals surface area contributed by atoms with Gasteiger partial charge in [0.15, 0.2) is 11.0 Å². The molecule has 9 heteroatoms. The molecule has 0 aliphatic heterocycles. The number of hydrogen-bond donors (Lipinski definition) is 2. The molecule has 2 N–H and O–H groups in total. The number of carbonyl (C=O) groups excluding carboxylic acids is 2. The summed E-state index contributed by atoms with van der Waals surface area (Å²) >= 11 is 1.21. The predicted molar refractivity (Wildman–Crippen MR) is 129 cm³/mol. The molecule has 4 aliphatic carbocycles. The van der Waals surface area contributed by atoms with Crippen LogP contribution >= 0.6 is 11.8 Å². The molecule has 3 amide bonds.